The highest BCUT2D eigenvalue weighted by Gasteiger charge is 2.14. The maximum atomic E-state index is 5.75. The lowest BCUT2D eigenvalue weighted by molar-refractivity contribution is 0.419. The van der Waals surface area contributed by atoms with Crippen molar-refractivity contribution in [2.75, 3.05) is 19.5 Å². The first kappa shape index (κ1) is 17.9. The van der Waals surface area contributed by atoms with Crippen LogP contribution in [0.2, 0.25) is 0 Å². The first-order valence-electron chi connectivity index (χ1n) is 8.51. The zero-order valence-electron chi connectivity index (χ0n) is 15.4. The van der Waals surface area contributed by atoms with E-state index in [2.05, 4.69) is 31.3 Å². The number of thiazole rings is 1. The molecule has 0 atom stereocenters. The Morgan fingerprint density at radius 1 is 1.18 bits per heavy atom. The highest BCUT2D eigenvalue weighted by atomic mass is 32.1. The van der Waals surface area contributed by atoms with Crippen LogP contribution in [-0.4, -0.2) is 35.3 Å². The van der Waals surface area contributed by atoms with E-state index in [4.69, 9.17) is 10.5 Å². The minimum Gasteiger partial charge on any atom is -0.496 e. The van der Waals surface area contributed by atoms with Gasteiger partial charge in [0.1, 0.15) is 17.9 Å². The molecule has 7 nitrogen and oxygen atoms in total. The molecule has 2 aromatic heterocycles. The molecule has 0 fully saturated rings. The van der Waals surface area contributed by atoms with Gasteiger partial charge >= 0.3 is 0 Å². The molecule has 28 heavy (non-hydrogen) atoms. The zero-order chi connectivity index (χ0) is 19.5. The van der Waals surface area contributed by atoms with Crippen LogP contribution in [0.4, 0.5) is 11.5 Å². The summed E-state index contributed by atoms with van der Waals surface area (Å²) >= 11 is 1.60. The molecule has 0 saturated heterocycles. The van der Waals surface area contributed by atoms with Gasteiger partial charge in [-0.3, -0.25) is 4.99 Å². The lowest BCUT2D eigenvalue weighted by atomic mass is 10.0. The lowest BCUT2D eigenvalue weighted by Crippen LogP contribution is -2.00. The van der Waals surface area contributed by atoms with Crippen molar-refractivity contribution in [3.8, 4) is 5.75 Å². The number of aliphatic imine (C=N–C) groups is 1. The van der Waals surface area contributed by atoms with Crippen molar-refractivity contribution in [2.45, 2.75) is 0 Å². The van der Waals surface area contributed by atoms with Gasteiger partial charge in [-0.15, -0.1) is 11.3 Å². The van der Waals surface area contributed by atoms with E-state index in [1.807, 2.05) is 29.8 Å². The molecule has 8 heteroatoms. The summed E-state index contributed by atoms with van der Waals surface area (Å²) in [6.07, 6.45) is 4.74. The summed E-state index contributed by atoms with van der Waals surface area (Å²) in [7, 11) is 3.32. The van der Waals surface area contributed by atoms with Gasteiger partial charge in [-0.05, 0) is 35.9 Å². The van der Waals surface area contributed by atoms with E-state index in [1.54, 1.807) is 31.7 Å². The van der Waals surface area contributed by atoms with Gasteiger partial charge in [0.25, 0.3) is 0 Å². The van der Waals surface area contributed by atoms with Crippen LogP contribution in [0.15, 0.2) is 53.4 Å². The van der Waals surface area contributed by atoms with Crippen LogP contribution >= 0.6 is 11.3 Å². The number of fused-ring (bicyclic) bond motifs is 2. The van der Waals surface area contributed by atoms with Gasteiger partial charge in [0.2, 0.25) is 0 Å². The van der Waals surface area contributed by atoms with Crippen LogP contribution in [0.1, 0.15) is 5.56 Å². The molecule has 0 radical (unpaired) electrons. The Bertz CT molecular complexity index is 1210. The fraction of sp³-hybridized carbons (Fsp3) is 0.100. The maximum Gasteiger partial charge on any atom is 0.145 e. The predicted octanol–water partition coefficient (Wildman–Crippen LogP) is 3.99. The molecular formula is C20H18N6OS. The Balaban J connectivity index is 1.82. The molecule has 2 aromatic carbocycles. The molecule has 140 valence electrons. The molecule has 0 spiro atoms. The third kappa shape index (κ3) is 3.25. The predicted molar refractivity (Wildman–Crippen MR) is 116 cm³/mol. The van der Waals surface area contributed by atoms with Gasteiger partial charge in [-0.25, -0.2) is 15.0 Å². The van der Waals surface area contributed by atoms with Crippen molar-refractivity contribution in [1.82, 2.24) is 15.0 Å². The SMILES string of the molecule is CN=C/C(=C\N)c1cc(OC)c2c(Nc3ccc4ncsc4c3)ncnc2c1. The van der Waals surface area contributed by atoms with E-state index in [1.165, 1.54) is 12.5 Å². The second-order valence-electron chi connectivity index (χ2n) is 5.96. The monoisotopic (exact) mass is 390 g/mol. The second-order valence-corrected chi connectivity index (χ2v) is 6.85. The summed E-state index contributed by atoms with van der Waals surface area (Å²) in [6.45, 7) is 0. The number of nitrogens with zero attached hydrogens (tertiary/aromatic N) is 4. The highest BCUT2D eigenvalue weighted by Crippen LogP contribution is 2.34. The second kappa shape index (κ2) is 7.61. The quantitative estimate of drug-likeness (QED) is 0.500. The molecular weight excluding hydrogens is 372 g/mol. The van der Waals surface area contributed by atoms with Crippen molar-refractivity contribution >= 4 is 55.7 Å². The number of nitrogens with two attached hydrogens (primary N) is 1. The Morgan fingerprint density at radius 3 is 2.86 bits per heavy atom. The van der Waals surface area contributed by atoms with Crippen LogP contribution in [0, 0.1) is 0 Å². The van der Waals surface area contributed by atoms with Crippen LogP contribution < -0.4 is 15.8 Å². The number of ether oxygens (including phenoxy) is 1. The molecule has 4 aromatic rings. The van der Waals surface area contributed by atoms with Gasteiger partial charge in [-0.2, -0.15) is 0 Å². The number of hydrogen-bond donors (Lipinski definition) is 2. The number of hydrogen-bond acceptors (Lipinski definition) is 8. The van der Waals surface area contributed by atoms with E-state index in [9.17, 15) is 0 Å². The van der Waals surface area contributed by atoms with Crippen LogP contribution in [0.5, 0.6) is 5.75 Å². The van der Waals surface area contributed by atoms with Crippen molar-refractivity contribution in [1.29, 1.82) is 0 Å². The summed E-state index contributed by atoms with van der Waals surface area (Å²) < 4.78 is 6.74. The Labute approximate surface area is 165 Å². The summed E-state index contributed by atoms with van der Waals surface area (Å²) in [5, 5.41) is 4.17. The summed E-state index contributed by atoms with van der Waals surface area (Å²) in [5.41, 5.74) is 11.9. The molecule has 0 aliphatic heterocycles. The van der Waals surface area contributed by atoms with E-state index >= 15 is 0 Å². The molecule has 0 unspecified atom stereocenters. The van der Waals surface area contributed by atoms with Gasteiger partial charge in [0.05, 0.1) is 33.7 Å². The smallest absolute Gasteiger partial charge is 0.145 e. The highest BCUT2D eigenvalue weighted by molar-refractivity contribution is 7.16. The largest absolute Gasteiger partial charge is 0.496 e. The van der Waals surface area contributed by atoms with Crippen LogP contribution in [0.25, 0.3) is 26.7 Å². The fourth-order valence-electron chi connectivity index (χ4n) is 3.00. The van der Waals surface area contributed by atoms with E-state index in [-0.39, 0.29) is 0 Å². The zero-order valence-corrected chi connectivity index (χ0v) is 16.2. The Morgan fingerprint density at radius 2 is 2.07 bits per heavy atom. The summed E-state index contributed by atoms with van der Waals surface area (Å²) in [4.78, 5) is 17.2. The molecule has 4 rings (SSSR count). The van der Waals surface area contributed by atoms with Crippen LogP contribution in [-0.2, 0) is 0 Å². The first-order chi connectivity index (χ1) is 13.7. The van der Waals surface area contributed by atoms with Gasteiger partial charge in [0.15, 0.2) is 0 Å². The van der Waals surface area contributed by atoms with Crippen molar-refractivity contribution < 1.29 is 4.74 Å². The topological polar surface area (TPSA) is 98.3 Å². The molecule has 0 aliphatic carbocycles. The minimum absolute atomic E-state index is 0.651. The number of rotatable bonds is 5. The number of methoxy groups -OCH3 is 1. The number of nitrogens with one attached hydrogen (secondary N) is 1. The Hall–Kier alpha value is -3.52. The molecule has 2 heterocycles. The van der Waals surface area contributed by atoms with E-state index in [0.717, 1.165) is 37.9 Å². The molecule has 0 saturated carbocycles. The first-order valence-corrected chi connectivity index (χ1v) is 9.39. The third-order valence-electron chi connectivity index (χ3n) is 4.30. The number of benzene rings is 2. The number of aromatic nitrogens is 3. The molecule has 0 amide bonds. The van der Waals surface area contributed by atoms with Crippen molar-refractivity contribution in [3.05, 3.63) is 53.9 Å². The summed E-state index contributed by atoms with van der Waals surface area (Å²) in [6, 6.07) is 9.86. The lowest BCUT2D eigenvalue weighted by Gasteiger charge is -2.13. The normalized spacial score (nSPS) is 12.1. The van der Waals surface area contributed by atoms with Crippen molar-refractivity contribution in [3.63, 3.8) is 0 Å². The van der Waals surface area contributed by atoms with Crippen molar-refractivity contribution in [2.24, 2.45) is 10.7 Å². The average Bonchev–Trinajstić information content (AvgIpc) is 3.19. The van der Waals surface area contributed by atoms with Gasteiger partial charge in [-0.1, -0.05) is 0 Å². The van der Waals surface area contributed by atoms with Gasteiger partial charge in [0, 0.05) is 30.7 Å². The average molecular weight is 390 g/mol. The van der Waals surface area contributed by atoms with E-state index < -0.39 is 0 Å². The molecule has 0 aliphatic rings. The Kier molecular flexibility index (Phi) is 4.86. The maximum absolute atomic E-state index is 5.75. The molecule has 0 bridgehead atoms. The number of allylic oxidation sites excluding steroid dienone is 1. The number of anilines is 2. The minimum atomic E-state index is 0.651. The third-order valence-corrected chi connectivity index (χ3v) is 5.09. The van der Waals surface area contributed by atoms with Crippen LogP contribution in [0.3, 0.4) is 0 Å². The standard InChI is InChI=1S/C20H18N6OS/c1-22-9-13(8-21)12-5-16-19(17(6-12)27-2)20(24-10-23-16)26-14-3-4-15-18(7-14)28-11-25-15/h3-11H,21H2,1-2H3,(H,23,24,26)/b13-8+,22-9?. The van der Waals surface area contributed by atoms with Gasteiger partial charge < -0.3 is 15.8 Å². The summed E-state index contributed by atoms with van der Waals surface area (Å²) in [5.74, 6) is 1.32. The van der Waals surface area contributed by atoms with E-state index in [0.29, 0.717) is 11.6 Å². The molecule has 3 N–H and O–H groups in total. The fourth-order valence-corrected chi connectivity index (χ4v) is 3.72.